The molecule has 18 heavy (non-hydrogen) atoms. The summed E-state index contributed by atoms with van der Waals surface area (Å²) in [5.41, 5.74) is 0. The average molecular weight is 359 g/mol. The van der Waals surface area contributed by atoms with E-state index in [4.69, 9.17) is 4.42 Å². The molecular formula is C14H18INO2. The maximum Gasteiger partial charge on any atom is 0.246 e. The Hall–Kier alpha value is -0.780. The van der Waals surface area contributed by atoms with E-state index in [-0.39, 0.29) is 5.91 Å². The van der Waals surface area contributed by atoms with Crippen molar-refractivity contribution in [1.29, 1.82) is 0 Å². The van der Waals surface area contributed by atoms with Gasteiger partial charge in [0.05, 0.1) is 0 Å². The molecule has 1 aromatic heterocycles. The van der Waals surface area contributed by atoms with Crippen LogP contribution in [0.3, 0.4) is 0 Å². The SMILES string of the molecule is CN(C(=O)/C=C/c1ccc(I)o1)C1CCCCC1. The Morgan fingerprint density at radius 2 is 2.11 bits per heavy atom. The third kappa shape index (κ3) is 3.60. The van der Waals surface area contributed by atoms with Gasteiger partial charge in [-0.2, -0.15) is 0 Å². The van der Waals surface area contributed by atoms with Crippen LogP contribution >= 0.6 is 22.6 Å². The first kappa shape index (κ1) is 13.6. The molecule has 0 unspecified atom stereocenters. The molecule has 0 N–H and O–H groups in total. The summed E-state index contributed by atoms with van der Waals surface area (Å²) in [7, 11) is 1.90. The van der Waals surface area contributed by atoms with Crippen molar-refractivity contribution in [3.63, 3.8) is 0 Å². The maximum atomic E-state index is 12.0. The van der Waals surface area contributed by atoms with Crippen LogP contribution in [0.5, 0.6) is 0 Å². The van der Waals surface area contributed by atoms with Gasteiger partial charge in [-0.15, -0.1) is 0 Å². The highest BCUT2D eigenvalue weighted by Gasteiger charge is 2.20. The summed E-state index contributed by atoms with van der Waals surface area (Å²) in [6, 6.07) is 4.16. The van der Waals surface area contributed by atoms with Crippen LogP contribution in [0.4, 0.5) is 0 Å². The Balaban J connectivity index is 1.92. The summed E-state index contributed by atoms with van der Waals surface area (Å²) in [4.78, 5) is 13.9. The summed E-state index contributed by atoms with van der Waals surface area (Å²) in [5.74, 6) is 0.790. The Bertz CT molecular complexity index is 433. The van der Waals surface area contributed by atoms with Crippen LogP contribution in [0.15, 0.2) is 22.6 Å². The second-order valence-corrected chi connectivity index (χ2v) is 5.78. The molecule has 0 aliphatic heterocycles. The zero-order chi connectivity index (χ0) is 13.0. The van der Waals surface area contributed by atoms with E-state index < -0.39 is 0 Å². The molecule has 0 spiro atoms. The van der Waals surface area contributed by atoms with E-state index >= 15 is 0 Å². The third-order valence-corrected chi connectivity index (χ3v) is 4.03. The number of hydrogen-bond donors (Lipinski definition) is 0. The van der Waals surface area contributed by atoms with Gasteiger partial charge >= 0.3 is 0 Å². The number of carbonyl (C=O) groups is 1. The lowest BCUT2D eigenvalue weighted by molar-refractivity contribution is -0.127. The van der Waals surface area contributed by atoms with Crippen molar-refractivity contribution in [3.05, 3.63) is 27.7 Å². The van der Waals surface area contributed by atoms with Crippen molar-refractivity contribution in [2.75, 3.05) is 7.05 Å². The van der Waals surface area contributed by atoms with Crippen LogP contribution in [-0.2, 0) is 4.79 Å². The van der Waals surface area contributed by atoms with E-state index in [0.29, 0.717) is 6.04 Å². The minimum Gasteiger partial charge on any atom is -0.451 e. The second-order valence-electron chi connectivity index (χ2n) is 4.72. The fourth-order valence-corrected chi connectivity index (χ4v) is 2.77. The van der Waals surface area contributed by atoms with Crippen LogP contribution in [-0.4, -0.2) is 23.9 Å². The van der Waals surface area contributed by atoms with E-state index in [0.717, 1.165) is 22.4 Å². The fourth-order valence-electron chi connectivity index (χ4n) is 2.34. The molecular weight excluding hydrogens is 341 g/mol. The van der Waals surface area contributed by atoms with Crippen molar-refractivity contribution in [2.45, 2.75) is 38.1 Å². The number of furan rings is 1. The van der Waals surface area contributed by atoms with E-state index in [9.17, 15) is 4.79 Å². The lowest BCUT2D eigenvalue weighted by Gasteiger charge is -2.30. The largest absolute Gasteiger partial charge is 0.451 e. The molecule has 4 heteroatoms. The molecule has 2 rings (SSSR count). The summed E-state index contributed by atoms with van der Waals surface area (Å²) in [6.07, 6.45) is 9.39. The van der Waals surface area contributed by atoms with Gasteiger partial charge in [-0.25, -0.2) is 0 Å². The number of rotatable bonds is 3. The smallest absolute Gasteiger partial charge is 0.246 e. The van der Waals surface area contributed by atoms with Crippen LogP contribution in [0.25, 0.3) is 6.08 Å². The molecule has 0 saturated heterocycles. The summed E-state index contributed by atoms with van der Waals surface area (Å²) < 4.78 is 6.22. The molecule has 1 fully saturated rings. The van der Waals surface area contributed by atoms with Gasteiger partial charge in [0.15, 0.2) is 3.77 Å². The van der Waals surface area contributed by atoms with Crippen molar-refractivity contribution < 1.29 is 9.21 Å². The molecule has 0 aromatic carbocycles. The second kappa shape index (κ2) is 6.41. The molecule has 1 saturated carbocycles. The Morgan fingerprint density at radius 1 is 1.39 bits per heavy atom. The highest BCUT2D eigenvalue weighted by atomic mass is 127. The molecule has 98 valence electrons. The van der Waals surface area contributed by atoms with E-state index in [1.54, 1.807) is 12.2 Å². The van der Waals surface area contributed by atoms with Gasteiger partial charge in [0, 0.05) is 19.2 Å². The van der Waals surface area contributed by atoms with Crippen LogP contribution < -0.4 is 0 Å². The molecule has 1 amide bonds. The van der Waals surface area contributed by atoms with Gasteiger partial charge in [-0.05, 0) is 53.6 Å². The lowest BCUT2D eigenvalue weighted by Crippen LogP contribution is -2.37. The quantitative estimate of drug-likeness (QED) is 0.609. The first-order chi connectivity index (χ1) is 8.66. The zero-order valence-corrected chi connectivity index (χ0v) is 12.7. The predicted octanol–water partition coefficient (Wildman–Crippen LogP) is 3.69. The molecule has 3 nitrogen and oxygen atoms in total. The normalized spacial score (nSPS) is 17.2. The third-order valence-electron chi connectivity index (χ3n) is 3.45. The van der Waals surface area contributed by atoms with Crippen molar-refractivity contribution in [1.82, 2.24) is 4.90 Å². The molecule has 0 bridgehead atoms. The molecule has 1 aromatic rings. The standard InChI is InChI=1S/C14H18INO2/c1-16(11-5-3-2-4-6-11)14(17)10-8-12-7-9-13(15)18-12/h7-11H,2-6H2,1H3/b10-8+. The highest BCUT2D eigenvalue weighted by Crippen LogP contribution is 2.22. The monoisotopic (exact) mass is 359 g/mol. The average Bonchev–Trinajstić information content (AvgIpc) is 2.82. The van der Waals surface area contributed by atoms with Gasteiger partial charge < -0.3 is 9.32 Å². The molecule has 0 atom stereocenters. The molecule has 1 aliphatic rings. The van der Waals surface area contributed by atoms with Crippen molar-refractivity contribution in [3.8, 4) is 0 Å². The number of hydrogen-bond acceptors (Lipinski definition) is 2. The van der Waals surface area contributed by atoms with E-state index in [1.165, 1.54) is 19.3 Å². The molecule has 1 aliphatic carbocycles. The molecule has 1 heterocycles. The van der Waals surface area contributed by atoms with Gasteiger partial charge in [0.2, 0.25) is 5.91 Å². The number of carbonyl (C=O) groups excluding carboxylic acids is 1. The predicted molar refractivity (Wildman–Crippen MR) is 80.1 cm³/mol. The van der Waals surface area contributed by atoms with E-state index in [1.807, 2.05) is 24.1 Å². The fraction of sp³-hybridized carbons (Fsp3) is 0.500. The van der Waals surface area contributed by atoms with Crippen LogP contribution in [0.2, 0.25) is 0 Å². The van der Waals surface area contributed by atoms with Gasteiger partial charge in [-0.3, -0.25) is 4.79 Å². The number of likely N-dealkylation sites (N-methyl/N-ethyl adjacent to an activating group) is 1. The first-order valence-corrected chi connectivity index (χ1v) is 7.45. The summed E-state index contributed by atoms with van der Waals surface area (Å²) >= 11 is 2.11. The van der Waals surface area contributed by atoms with Crippen LogP contribution in [0, 0.1) is 3.77 Å². The summed E-state index contributed by atoms with van der Waals surface area (Å²) in [5, 5.41) is 0. The van der Waals surface area contributed by atoms with Gasteiger partial charge in [0.25, 0.3) is 0 Å². The zero-order valence-electron chi connectivity index (χ0n) is 10.6. The summed E-state index contributed by atoms with van der Waals surface area (Å²) in [6.45, 7) is 0. The van der Waals surface area contributed by atoms with Crippen molar-refractivity contribution in [2.24, 2.45) is 0 Å². The maximum absolute atomic E-state index is 12.0. The number of halogens is 1. The minimum absolute atomic E-state index is 0.0632. The topological polar surface area (TPSA) is 33.5 Å². The van der Waals surface area contributed by atoms with E-state index in [2.05, 4.69) is 22.6 Å². The Labute approximate surface area is 121 Å². The van der Waals surface area contributed by atoms with Crippen LogP contribution in [0.1, 0.15) is 37.9 Å². The highest BCUT2D eigenvalue weighted by molar-refractivity contribution is 14.1. The number of amides is 1. The van der Waals surface area contributed by atoms with Gasteiger partial charge in [-0.1, -0.05) is 19.3 Å². The minimum atomic E-state index is 0.0632. The first-order valence-electron chi connectivity index (χ1n) is 6.37. The lowest BCUT2D eigenvalue weighted by atomic mass is 9.94. The van der Waals surface area contributed by atoms with Gasteiger partial charge in [0.1, 0.15) is 5.76 Å². The Kier molecular flexibility index (Phi) is 4.86. The van der Waals surface area contributed by atoms with Crippen molar-refractivity contribution >= 4 is 34.6 Å². The Morgan fingerprint density at radius 3 is 2.72 bits per heavy atom. The number of nitrogens with zero attached hydrogens (tertiary/aromatic N) is 1. The molecule has 0 radical (unpaired) electrons.